The van der Waals surface area contributed by atoms with E-state index in [1.165, 1.54) is 4.90 Å². The van der Waals surface area contributed by atoms with Crippen molar-refractivity contribution in [3.8, 4) is 0 Å². The molecule has 10 heteroatoms. The third-order valence-corrected chi connectivity index (χ3v) is 5.80. The van der Waals surface area contributed by atoms with Gasteiger partial charge in [-0.15, -0.1) is 0 Å². The summed E-state index contributed by atoms with van der Waals surface area (Å²) in [5.74, 6) is 0.0637. The molecule has 7 nitrogen and oxygen atoms in total. The molecule has 5 rings (SSSR count). The zero-order valence-electron chi connectivity index (χ0n) is 19.1. The highest BCUT2D eigenvalue weighted by molar-refractivity contribution is 6.30. The van der Waals surface area contributed by atoms with E-state index in [0.29, 0.717) is 34.0 Å². The average Bonchev–Trinajstić information content (AvgIpc) is 3.02. The highest BCUT2D eigenvalue weighted by Crippen LogP contribution is 2.35. The molecule has 1 aliphatic heterocycles. The number of amides is 1. The topological polar surface area (TPSA) is 105 Å². The largest absolute Gasteiger partial charge is 0.416 e. The molecule has 0 bridgehead atoms. The maximum atomic E-state index is 12.8. The summed E-state index contributed by atoms with van der Waals surface area (Å²) in [6, 6.07) is 21.1. The minimum absolute atomic E-state index is 0.0263. The minimum atomic E-state index is -4.48. The van der Waals surface area contributed by atoms with Crippen LogP contribution >= 0.6 is 0 Å². The van der Waals surface area contributed by atoms with E-state index < -0.39 is 17.6 Å². The molecule has 4 N–H and O–H groups in total. The number of pyridine rings is 1. The van der Waals surface area contributed by atoms with Gasteiger partial charge in [-0.2, -0.15) is 13.2 Å². The van der Waals surface area contributed by atoms with Crippen molar-refractivity contribution in [3.63, 3.8) is 0 Å². The molecular formula is C27H19F3N6O. The van der Waals surface area contributed by atoms with Gasteiger partial charge in [0.1, 0.15) is 11.7 Å². The van der Waals surface area contributed by atoms with E-state index in [4.69, 9.17) is 10.8 Å². The molecule has 1 amide bonds. The standard InChI is InChI=1S/C27H19F3N6O/c28-27(29,30)18-11-7-17(8-12-18)26(37)34-19-13-9-16(10-14-19)23(31)36-22-6-3-15-33-25(22)35-21-5-2-1-4-20(21)24(36)32/h1-15,31-32H,(H,33,35)(H,34,37). The quantitative estimate of drug-likeness (QED) is 0.197. The second kappa shape index (κ2) is 9.23. The van der Waals surface area contributed by atoms with Gasteiger partial charge in [-0.3, -0.25) is 20.5 Å². The van der Waals surface area contributed by atoms with Crippen LogP contribution in [0.4, 0.5) is 36.1 Å². The first kappa shape index (κ1) is 23.7. The normalized spacial score (nSPS) is 12.6. The SMILES string of the molecule is N=C(c1ccc(NC(=O)c2ccc(C(F)(F)F)cc2)cc1)N1C(=N)c2ccccc2Nc2ncccc21. The number of amidine groups is 2. The zero-order valence-corrected chi connectivity index (χ0v) is 19.1. The van der Waals surface area contributed by atoms with E-state index in [1.807, 2.05) is 18.2 Å². The fourth-order valence-corrected chi connectivity index (χ4v) is 3.93. The van der Waals surface area contributed by atoms with E-state index in [-0.39, 0.29) is 17.2 Å². The molecule has 0 radical (unpaired) electrons. The molecule has 0 fully saturated rings. The van der Waals surface area contributed by atoms with Crippen molar-refractivity contribution in [2.75, 3.05) is 15.5 Å². The predicted molar refractivity (Wildman–Crippen MR) is 136 cm³/mol. The number of aromatic nitrogens is 1. The summed E-state index contributed by atoms with van der Waals surface area (Å²) in [5, 5.41) is 23.6. The monoisotopic (exact) mass is 500 g/mol. The van der Waals surface area contributed by atoms with Crippen molar-refractivity contribution in [1.29, 1.82) is 10.8 Å². The molecule has 3 aromatic carbocycles. The first-order valence-electron chi connectivity index (χ1n) is 11.1. The molecule has 0 saturated heterocycles. The number of para-hydroxylation sites is 1. The van der Waals surface area contributed by atoms with Crippen LogP contribution in [0.3, 0.4) is 0 Å². The third-order valence-electron chi connectivity index (χ3n) is 5.80. The Hall–Kier alpha value is -4.99. The van der Waals surface area contributed by atoms with E-state index in [0.717, 1.165) is 24.3 Å². The first-order chi connectivity index (χ1) is 17.7. The van der Waals surface area contributed by atoms with Crippen LogP contribution in [0.1, 0.15) is 27.0 Å². The second-order valence-corrected chi connectivity index (χ2v) is 8.18. The number of carbonyl (C=O) groups excluding carboxylic acids is 1. The number of benzene rings is 3. The number of rotatable bonds is 3. The molecule has 184 valence electrons. The van der Waals surface area contributed by atoms with Gasteiger partial charge >= 0.3 is 6.18 Å². The smallest absolute Gasteiger partial charge is 0.338 e. The lowest BCUT2D eigenvalue weighted by molar-refractivity contribution is -0.137. The van der Waals surface area contributed by atoms with Gasteiger partial charge in [-0.1, -0.05) is 12.1 Å². The number of halogens is 3. The molecule has 37 heavy (non-hydrogen) atoms. The molecule has 0 unspecified atom stereocenters. The Morgan fingerprint density at radius 3 is 2.27 bits per heavy atom. The van der Waals surface area contributed by atoms with Crippen LogP contribution < -0.4 is 15.5 Å². The third kappa shape index (κ3) is 4.64. The van der Waals surface area contributed by atoms with Gasteiger partial charge < -0.3 is 10.6 Å². The molecule has 1 aliphatic rings. The van der Waals surface area contributed by atoms with Gasteiger partial charge in [0.05, 0.1) is 16.9 Å². The number of nitrogens with zero attached hydrogens (tertiary/aromatic N) is 2. The molecule has 1 aromatic heterocycles. The number of carbonyl (C=O) groups is 1. The Balaban J connectivity index is 1.38. The second-order valence-electron chi connectivity index (χ2n) is 8.18. The van der Waals surface area contributed by atoms with Crippen molar-refractivity contribution in [3.05, 3.63) is 113 Å². The number of hydrogen-bond acceptors (Lipinski definition) is 5. The van der Waals surface area contributed by atoms with Gasteiger partial charge in [0.25, 0.3) is 5.91 Å². The Morgan fingerprint density at radius 1 is 0.892 bits per heavy atom. The van der Waals surface area contributed by atoms with Crippen molar-refractivity contribution in [2.45, 2.75) is 6.18 Å². The number of nitrogens with one attached hydrogen (secondary N) is 4. The molecule has 0 saturated carbocycles. The van der Waals surface area contributed by atoms with Crippen LogP contribution in [0.5, 0.6) is 0 Å². The number of alkyl halides is 3. The molecule has 0 spiro atoms. The molecular weight excluding hydrogens is 481 g/mol. The van der Waals surface area contributed by atoms with Gasteiger partial charge in [0.2, 0.25) is 0 Å². The lowest BCUT2D eigenvalue weighted by Crippen LogP contribution is -2.36. The average molecular weight is 500 g/mol. The summed E-state index contributed by atoms with van der Waals surface area (Å²) in [6.07, 6.45) is -2.85. The van der Waals surface area contributed by atoms with Crippen molar-refractivity contribution >= 4 is 40.5 Å². The van der Waals surface area contributed by atoms with Gasteiger partial charge in [-0.05, 0) is 72.8 Å². The van der Waals surface area contributed by atoms with Gasteiger partial charge in [-0.25, -0.2) is 4.98 Å². The Kier molecular flexibility index (Phi) is 5.92. The van der Waals surface area contributed by atoms with Crippen LogP contribution in [0.25, 0.3) is 0 Å². The van der Waals surface area contributed by atoms with Crippen LogP contribution in [0.15, 0.2) is 91.1 Å². The number of fused-ring (bicyclic) bond motifs is 2. The predicted octanol–water partition coefficient (Wildman–Crippen LogP) is 6.27. The Labute approximate surface area is 209 Å². The van der Waals surface area contributed by atoms with Crippen molar-refractivity contribution in [2.24, 2.45) is 0 Å². The van der Waals surface area contributed by atoms with Gasteiger partial charge in [0.15, 0.2) is 5.82 Å². The van der Waals surface area contributed by atoms with Crippen molar-refractivity contribution < 1.29 is 18.0 Å². The van der Waals surface area contributed by atoms with Crippen LogP contribution in [0.2, 0.25) is 0 Å². The molecule has 2 heterocycles. The van der Waals surface area contributed by atoms with E-state index in [9.17, 15) is 18.0 Å². The van der Waals surface area contributed by atoms with E-state index in [1.54, 1.807) is 48.7 Å². The fraction of sp³-hybridized carbons (Fsp3) is 0.0370. The summed E-state index contributed by atoms with van der Waals surface area (Å²) in [4.78, 5) is 18.4. The lowest BCUT2D eigenvalue weighted by Gasteiger charge is -2.25. The molecule has 0 aliphatic carbocycles. The summed E-state index contributed by atoms with van der Waals surface area (Å²) in [5.41, 5.74) is 1.97. The number of anilines is 4. The molecule has 0 atom stereocenters. The maximum Gasteiger partial charge on any atom is 0.416 e. The highest BCUT2D eigenvalue weighted by Gasteiger charge is 2.30. The Morgan fingerprint density at radius 2 is 1.57 bits per heavy atom. The highest BCUT2D eigenvalue weighted by atomic mass is 19.4. The van der Waals surface area contributed by atoms with Crippen LogP contribution in [-0.2, 0) is 6.18 Å². The summed E-state index contributed by atoms with van der Waals surface area (Å²) < 4.78 is 38.3. The summed E-state index contributed by atoms with van der Waals surface area (Å²) in [6.45, 7) is 0. The zero-order chi connectivity index (χ0) is 26.2. The van der Waals surface area contributed by atoms with E-state index >= 15 is 0 Å². The fourth-order valence-electron chi connectivity index (χ4n) is 3.93. The van der Waals surface area contributed by atoms with E-state index in [2.05, 4.69) is 15.6 Å². The lowest BCUT2D eigenvalue weighted by atomic mass is 10.1. The summed E-state index contributed by atoms with van der Waals surface area (Å²) >= 11 is 0. The molecule has 4 aromatic rings. The maximum absolute atomic E-state index is 12.8. The van der Waals surface area contributed by atoms with Crippen LogP contribution in [-0.4, -0.2) is 22.6 Å². The van der Waals surface area contributed by atoms with Gasteiger partial charge in [0, 0.05) is 28.6 Å². The van der Waals surface area contributed by atoms with Crippen LogP contribution in [0, 0.1) is 10.8 Å². The Bertz CT molecular complexity index is 1510. The number of hydrogen-bond donors (Lipinski definition) is 4. The first-order valence-corrected chi connectivity index (χ1v) is 11.1. The van der Waals surface area contributed by atoms with Crippen molar-refractivity contribution in [1.82, 2.24) is 4.98 Å². The summed E-state index contributed by atoms with van der Waals surface area (Å²) in [7, 11) is 0. The minimum Gasteiger partial charge on any atom is -0.338 e.